The molecule has 5 heteroatoms. The van der Waals surface area contributed by atoms with Crippen LogP contribution in [0.15, 0.2) is 6.20 Å². The minimum Gasteiger partial charge on any atom is -0.395 e. The number of aromatic nitrogens is 1. The first-order valence-corrected chi connectivity index (χ1v) is 8.31. The number of thiazole rings is 1. The largest absolute Gasteiger partial charge is 0.395 e. The smallest absolute Gasteiger partial charge is 0.0981 e. The van der Waals surface area contributed by atoms with E-state index in [1.165, 1.54) is 9.88 Å². The molecule has 0 spiro atoms. The molecule has 18 heavy (non-hydrogen) atoms. The molecule has 0 bridgehead atoms. The van der Waals surface area contributed by atoms with Gasteiger partial charge in [0.2, 0.25) is 0 Å². The highest BCUT2D eigenvalue weighted by molar-refractivity contribution is 7.99. The molecule has 0 aromatic carbocycles. The molecule has 1 aromatic rings. The van der Waals surface area contributed by atoms with E-state index >= 15 is 0 Å². The highest BCUT2D eigenvalue weighted by Crippen LogP contribution is 2.26. The van der Waals surface area contributed by atoms with Gasteiger partial charge in [-0.2, -0.15) is 11.8 Å². The zero-order valence-corrected chi connectivity index (χ0v) is 13.5. The van der Waals surface area contributed by atoms with Gasteiger partial charge < -0.3 is 10.4 Å². The standard InChI is InChI=1S/C13H24N2OS2/c1-9(11(8-16)17-5)14-6-10-7-15-12(18-10)13(2,3)4/h7,9,11,14,16H,6,8H2,1-5H3. The number of nitrogens with one attached hydrogen (secondary N) is 1. The fourth-order valence-electron chi connectivity index (χ4n) is 1.57. The van der Waals surface area contributed by atoms with E-state index in [-0.39, 0.29) is 17.3 Å². The van der Waals surface area contributed by atoms with Gasteiger partial charge in [-0.3, -0.25) is 0 Å². The van der Waals surface area contributed by atoms with Gasteiger partial charge in [0.15, 0.2) is 0 Å². The molecular formula is C13H24N2OS2. The van der Waals surface area contributed by atoms with Crippen LogP contribution in [0.1, 0.15) is 37.6 Å². The molecule has 2 unspecified atom stereocenters. The lowest BCUT2D eigenvalue weighted by Gasteiger charge is -2.20. The van der Waals surface area contributed by atoms with Gasteiger partial charge in [0.1, 0.15) is 0 Å². The maximum absolute atomic E-state index is 9.23. The van der Waals surface area contributed by atoms with Crippen LogP contribution in [0, 0.1) is 0 Å². The van der Waals surface area contributed by atoms with Crippen LogP contribution in [-0.4, -0.2) is 34.2 Å². The van der Waals surface area contributed by atoms with Crippen molar-refractivity contribution >= 4 is 23.1 Å². The molecule has 0 radical (unpaired) electrons. The van der Waals surface area contributed by atoms with Crippen molar-refractivity contribution in [3.63, 3.8) is 0 Å². The zero-order chi connectivity index (χ0) is 13.8. The second kappa shape index (κ2) is 6.89. The zero-order valence-electron chi connectivity index (χ0n) is 11.9. The number of aliphatic hydroxyl groups is 1. The van der Waals surface area contributed by atoms with E-state index in [1.54, 1.807) is 23.1 Å². The summed E-state index contributed by atoms with van der Waals surface area (Å²) in [7, 11) is 0. The first-order valence-electron chi connectivity index (χ1n) is 6.20. The highest BCUT2D eigenvalue weighted by atomic mass is 32.2. The van der Waals surface area contributed by atoms with Crippen LogP contribution in [0.25, 0.3) is 0 Å². The third kappa shape index (κ3) is 4.53. The molecule has 0 fully saturated rings. The third-order valence-corrected chi connectivity index (χ3v) is 5.42. The Morgan fingerprint density at radius 3 is 2.61 bits per heavy atom. The minimum absolute atomic E-state index is 0.126. The van der Waals surface area contributed by atoms with E-state index in [0.717, 1.165) is 6.54 Å². The maximum Gasteiger partial charge on any atom is 0.0981 e. The summed E-state index contributed by atoms with van der Waals surface area (Å²) >= 11 is 3.46. The molecule has 0 saturated carbocycles. The molecule has 2 atom stereocenters. The maximum atomic E-state index is 9.23. The van der Waals surface area contributed by atoms with Crippen LogP contribution in [0.2, 0.25) is 0 Å². The summed E-state index contributed by atoms with van der Waals surface area (Å²) in [5.74, 6) is 0. The van der Waals surface area contributed by atoms with Gasteiger partial charge in [-0.15, -0.1) is 11.3 Å². The Kier molecular flexibility index (Phi) is 6.11. The van der Waals surface area contributed by atoms with E-state index < -0.39 is 0 Å². The van der Waals surface area contributed by atoms with Gasteiger partial charge in [0.05, 0.1) is 11.6 Å². The van der Waals surface area contributed by atoms with Gasteiger partial charge in [-0.05, 0) is 13.2 Å². The van der Waals surface area contributed by atoms with E-state index in [9.17, 15) is 5.11 Å². The molecule has 0 amide bonds. The van der Waals surface area contributed by atoms with Crippen molar-refractivity contribution in [2.75, 3.05) is 12.9 Å². The Morgan fingerprint density at radius 2 is 2.17 bits per heavy atom. The second-order valence-electron chi connectivity index (χ2n) is 5.51. The summed E-state index contributed by atoms with van der Waals surface area (Å²) in [4.78, 5) is 5.73. The topological polar surface area (TPSA) is 45.1 Å². The van der Waals surface area contributed by atoms with Crippen molar-refractivity contribution in [3.8, 4) is 0 Å². The van der Waals surface area contributed by atoms with Gasteiger partial charge in [0.25, 0.3) is 0 Å². The average Bonchev–Trinajstić information content (AvgIpc) is 2.76. The molecule has 3 nitrogen and oxygen atoms in total. The molecule has 0 aliphatic heterocycles. The van der Waals surface area contributed by atoms with Gasteiger partial charge >= 0.3 is 0 Å². The summed E-state index contributed by atoms with van der Waals surface area (Å²) in [6.07, 6.45) is 3.99. The van der Waals surface area contributed by atoms with E-state index in [4.69, 9.17) is 0 Å². The molecule has 1 heterocycles. The Morgan fingerprint density at radius 1 is 1.50 bits per heavy atom. The first-order chi connectivity index (χ1) is 8.38. The average molecular weight is 288 g/mol. The number of thioether (sulfide) groups is 1. The lowest BCUT2D eigenvalue weighted by molar-refractivity contribution is 0.276. The molecule has 104 valence electrons. The molecular weight excluding hydrogens is 264 g/mol. The fraction of sp³-hybridized carbons (Fsp3) is 0.769. The Bertz CT molecular complexity index is 356. The van der Waals surface area contributed by atoms with Crippen molar-refractivity contribution in [1.82, 2.24) is 10.3 Å². The van der Waals surface area contributed by atoms with Gasteiger partial charge in [-0.1, -0.05) is 20.8 Å². The molecule has 0 aliphatic carbocycles. The molecule has 0 saturated heterocycles. The summed E-state index contributed by atoms with van der Waals surface area (Å²) in [5.41, 5.74) is 0.126. The van der Waals surface area contributed by atoms with Crippen molar-refractivity contribution in [3.05, 3.63) is 16.1 Å². The molecule has 2 N–H and O–H groups in total. The Hall–Kier alpha value is -0.100. The SMILES string of the molecule is CSC(CO)C(C)NCc1cnc(C(C)(C)C)s1. The normalized spacial score (nSPS) is 15.7. The van der Waals surface area contributed by atoms with E-state index in [0.29, 0.717) is 6.04 Å². The monoisotopic (exact) mass is 288 g/mol. The number of hydrogen-bond donors (Lipinski definition) is 2. The summed E-state index contributed by atoms with van der Waals surface area (Å²) in [5, 5.41) is 14.1. The quantitative estimate of drug-likeness (QED) is 0.845. The number of nitrogens with zero attached hydrogens (tertiary/aromatic N) is 1. The van der Waals surface area contributed by atoms with Crippen LogP contribution < -0.4 is 5.32 Å². The molecule has 1 aromatic heterocycles. The van der Waals surface area contributed by atoms with Crippen LogP contribution in [0.4, 0.5) is 0 Å². The Labute approximate surface area is 118 Å². The minimum atomic E-state index is 0.126. The third-order valence-electron chi connectivity index (χ3n) is 2.83. The van der Waals surface area contributed by atoms with Crippen LogP contribution in [0.5, 0.6) is 0 Å². The first kappa shape index (κ1) is 16.0. The highest BCUT2D eigenvalue weighted by Gasteiger charge is 2.19. The summed E-state index contributed by atoms with van der Waals surface area (Å²) in [6.45, 7) is 9.70. The van der Waals surface area contributed by atoms with E-state index in [2.05, 4.69) is 38.0 Å². The summed E-state index contributed by atoms with van der Waals surface area (Å²) in [6, 6.07) is 0.296. The number of aliphatic hydroxyl groups excluding tert-OH is 1. The van der Waals surface area contributed by atoms with Crippen LogP contribution in [0.3, 0.4) is 0 Å². The molecule has 0 aliphatic rings. The fourth-order valence-corrected chi connectivity index (χ4v) is 3.14. The van der Waals surface area contributed by atoms with Crippen molar-refractivity contribution in [2.45, 2.75) is 50.9 Å². The van der Waals surface area contributed by atoms with Crippen molar-refractivity contribution < 1.29 is 5.11 Å². The van der Waals surface area contributed by atoms with Gasteiger partial charge in [0, 0.05) is 34.3 Å². The van der Waals surface area contributed by atoms with Crippen molar-refractivity contribution in [1.29, 1.82) is 0 Å². The van der Waals surface area contributed by atoms with Crippen LogP contribution >= 0.6 is 23.1 Å². The second-order valence-corrected chi connectivity index (χ2v) is 7.70. The predicted molar refractivity (Wildman–Crippen MR) is 81.5 cm³/mol. The van der Waals surface area contributed by atoms with E-state index in [1.807, 2.05) is 12.5 Å². The summed E-state index contributed by atoms with van der Waals surface area (Å²) < 4.78 is 0. The predicted octanol–water partition coefficient (Wildman–Crippen LogP) is 2.64. The number of rotatable bonds is 6. The lowest BCUT2D eigenvalue weighted by Crippen LogP contribution is -2.36. The lowest BCUT2D eigenvalue weighted by atomic mass is 9.98. The molecule has 1 rings (SSSR count). The van der Waals surface area contributed by atoms with Gasteiger partial charge in [-0.25, -0.2) is 4.98 Å². The number of hydrogen-bond acceptors (Lipinski definition) is 5. The van der Waals surface area contributed by atoms with Crippen LogP contribution in [-0.2, 0) is 12.0 Å². The van der Waals surface area contributed by atoms with Crippen molar-refractivity contribution in [2.24, 2.45) is 0 Å². The Balaban J connectivity index is 2.51.